The van der Waals surface area contributed by atoms with Crippen LogP contribution in [0.3, 0.4) is 0 Å². The molecule has 3 aromatic carbocycles. The predicted molar refractivity (Wildman–Crippen MR) is 118 cm³/mol. The summed E-state index contributed by atoms with van der Waals surface area (Å²) in [5.41, 5.74) is 1.12. The number of Topliss-reactive ketones (excluding diaryl/α,β-unsaturated/α-hetero) is 2. The maximum Gasteiger partial charge on any atom is 0.177 e. The number of methoxy groups -OCH3 is 4. The van der Waals surface area contributed by atoms with Crippen molar-refractivity contribution in [3.63, 3.8) is 0 Å². The largest absolute Gasteiger partial charge is 0.493 e. The fourth-order valence-corrected chi connectivity index (χ4v) is 4.19. The van der Waals surface area contributed by atoms with Gasteiger partial charge in [0.25, 0.3) is 0 Å². The lowest BCUT2D eigenvalue weighted by Gasteiger charge is -2.17. The van der Waals surface area contributed by atoms with Gasteiger partial charge in [-0.05, 0) is 60.5 Å². The first-order valence-corrected chi connectivity index (χ1v) is 9.83. The Balaban J connectivity index is 2.16. The predicted octanol–water partition coefficient (Wildman–Crippen LogP) is 4.95. The number of carbonyl (C=O) groups excluding carboxylic acids is 2. The Morgan fingerprint density at radius 1 is 0.645 bits per heavy atom. The highest BCUT2D eigenvalue weighted by Crippen LogP contribution is 2.47. The first kappa shape index (κ1) is 20.7. The van der Waals surface area contributed by atoms with E-state index in [2.05, 4.69) is 0 Å². The summed E-state index contributed by atoms with van der Waals surface area (Å²) >= 11 is 0. The van der Waals surface area contributed by atoms with E-state index >= 15 is 0 Å². The van der Waals surface area contributed by atoms with Crippen LogP contribution in [0.5, 0.6) is 23.0 Å². The molecule has 6 nitrogen and oxygen atoms in total. The molecule has 0 saturated heterocycles. The van der Waals surface area contributed by atoms with E-state index in [1.807, 2.05) is 24.3 Å². The van der Waals surface area contributed by atoms with Crippen molar-refractivity contribution in [2.24, 2.45) is 5.41 Å². The molecule has 0 bridgehead atoms. The van der Waals surface area contributed by atoms with Crippen LogP contribution in [-0.2, 0) is 0 Å². The Hall–Kier alpha value is -3.54. The van der Waals surface area contributed by atoms with Gasteiger partial charge in [0.15, 0.2) is 34.6 Å². The number of fused-ring (bicyclic) bond motifs is 2. The Labute approximate surface area is 180 Å². The molecule has 0 spiro atoms. The molecule has 0 unspecified atom stereocenters. The smallest absolute Gasteiger partial charge is 0.177 e. The standard InChI is InChI=1S/C25H24O6/c1-25(2)23(26)16-9-14-11-19(30-5)20(31-6)12-15(14)21(22(16)24(25)27)13-7-8-17(28-3)18(10-13)29-4/h7-12H,1-6H3. The molecular formula is C25H24O6. The second-order valence-electron chi connectivity index (χ2n) is 7.96. The van der Waals surface area contributed by atoms with Crippen molar-refractivity contribution in [3.05, 3.63) is 47.5 Å². The molecule has 0 aliphatic heterocycles. The SMILES string of the molecule is COc1ccc(-c2c3c(cc4cc(OC)c(OC)cc24)C(=O)C(C)(C)C3=O)cc1OC. The van der Waals surface area contributed by atoms with Crippen LogP contribution < -0.4 is 18.9 Å². The molecule has 0 atom stereocenters. The molecule has 0 aromatic heterocycles. The number of hydrogen-bond donors (Lipinski definition) is 0. The summed E-state index contributed by atoms with van der Waals surface area (Å²) in [4.78, 5) is 26.5. The van der Waals surface area contributed by atoms with Crippen LogP contribution in [0.25, 0.3) is 21.9 Å². The van der Waals surface area contributed by atoms with Crippen molar-refractivity contribution in [2.45, 2.75) is 13.8 Å². The average Bonchev–Trinajstić information content (AvgIpc) is 2.95. The van der Waals surface area contributed by atoms with Gasteiger partial charge in [0.05, 0.1) is 33.9 Å². The summed E-state index contributed by atoms with van der Waals surface area (Å²) in [6.07, 6.45) is 0. The number of hydrogen-bond acceptors (Lipinski definition) is 6. The van der Waals surface area contributed by atoms with Crippen LogP contribution in [0.4, 0.5) is 0 Å². The van der Waals surface area contributed by atoms with E-state index in [0.717, 1.165) is 16.3 Å². The van der Waals surface area contributed by atoms with Gasteiger partial charge in [-0.15, -0.1) is 0 Å². The topological polar surface area (TPSA) is 71.1 Å². The third kappa shape index (κ3) is 2.93. The number of ether oxygens (including phenoxy) is 4. The van der Waals surface area contributed by atoms with E-state index in [-0.39, 0.29) is 11.6 Å². The third-order valence-electron chi connectivity index (χ3n) is 5.92. The molecule has 0 heterocycles. The Kier molecular flexibility index (Phi) is 4.88. The summed E-state index contributed by atoms with van der Waals surface area (Å²) in [5, 5.41) is 1.56. The lowest BCUT2D eigenvalue weighted by atomic mass is 9.86. The summed E-state index contributed by atoms with van der Waals surface area (Å²) in [7, 11) is 6.24. The zero-order chi connectivity index (χ0) is 22.5. The van der Waals surface area contributed by atoms with Crippen molar-refractivity contribution in [1.29, 1.82) is 0 Å². The fourth-order valence-electron chi connectivity index (χ4n) is 4.19. The molecule has 0 amide bonds. The van der Waals surface area contributed by atoms with Crippen molar-refractivity contribution in [3.8, 4) is 34.1 Å². The van der Waals surface area contributed by atoms with Crippen LogP contribution in [0.2, 0.25) is 0 Å². The number of ketones is 2. The molecule has 0 saturated carbocycles. The normalized spacial score (nSPS) is 14.5. The molecule has 31 heavy (non-hydrogen) atoms. The minimum Gasteiger partial charge on any atom is -0.493 e. The van der Waals surface area contributed by atoms with Crippen molar-refractivity contribution < 1.29 is 28.5 Å². The van der Waals surface area contributed by atoms with Crippen molar-refractivity contribution >= 4 is 22.3 Å². The molecule has 1 aliphatic carbocycles. The molecule has 6 heteroatoms. The van der Waals surface area contributed by atoms with Gasteiger partial charge in [-0.2, -0.15) is 0 Å². The Bertz CT molecular complexity index is 1240. The quantitative estimate of drug-likeness (QED) is 0.544. The lowest BCUT2D eigenvalue weighted by Crippen LogP contribution is -2.25. The molecule has 1 aliphatic rings. The van der Waals surface area contributed by atoms with Gasteiger partial charge < -0.3 is 18.9 Å². The van der Waals surface area contributed by atoms with Crippen LogP contribution in [0, 0.1) is 5.41 Å². The van der Waals surface area contributed by atoms with Gasteiger partial charge in [-0.1, -0.05) is 6.07 Å². The molecule has 0 fully saturated rings. The van der Waals surface area contributed by atoms with Gasteiger partial charge in [-0.25, -0.2) is 0 Å². The average molecular weight is 420 g/mol. The summed E-state index contributed by atoms with van der Waals surface area (Å²) in [6.45, 7) is 3.34. The summed E-state index contributed by atoms with van der Waals surface area (Å²) in [5.74, 6) is 1.80. The van der Waals surface area contributed by atoms with Gasteiger partial charge in [0, 0.05) is 16.7 Å². The number of benzene rings is 3. The maximum absolute atomic E-state index is 13.4. The lowest BCUT2D eigenvalue weighted by molar-refractivity contribution is 0.0746. The summed E-state index contributed by atoms with van der Waals surface area (Å²) in [6, 6.07) is 10.9. The molecular weight excluding hydrogens is 396 g/mol. The molecule has 4 rings (SSSR count). The van der Waals surface area contributed by atoms with E-state index in [1.54, 1.807) is 54.4 Å². The van der Waals surface area contributed by atoms with E-state index < -0.39 is 5.41 Å². The van der Waals surface area contributed by atoms with Crippen LogP contribution in [0.15, 0.2) is 36.4 Å². The Morgan fingerprint density at radius 3 is 1.84 bits per heavy atom. The van der Waals surface area contributed by atoms with E-state index in [0.29, 0.717) is 39.7 Å². The van der Waals surface area contributed by atoms with Crippen LogP contribution in [-0.4, -0.2) is 40.0 Å². The number of rotatable bonds is 5. The minimum absolute atomic E-state index is 0.189. The molecule has 3 aromatic rings. The fraction of sp³-hybridized carbons (Fsp3) is 0.280. The van der Waals surface area contributed by atoms with Gasteiger partial charge in [0.1, 0.15) is 0 Å². The van der Waals surface area contributed by atoms with Crippen molar-refractivity contribution in [1.82, 2.24) is 0 Å². The van der Waals surface area contributed by atoms with Gasteiger partial charge in [-0.3, -0.25) is 9.59 Å². The minimum atomic E-state index is -1.13. The highest BCUT2D eigenvalue weighted by Gasteiger charge is 2.47. The van der Waals surface area contributed by atoms with E-state index in [1.165, 1.54) is 0 Å². The van der Waals surface area contributed by atoms with E-state index in [4.69, 9.17) is 18.9 Å². The van der Waals surface area contributed by atoms with Gasteiger partial charge in [0.2, 0.25) is 0 Å². The third-order valence-corrected chi connectivity index (χ3v) is 5.92. The monoisotopic (exact) mass is 420 g/mol. The molecule has 160 valence electrons. The molecule has 0 N–H and O–H groups in total. The first-order valence-electron chi connectivity index (χ1n) is 9.83. The second-order valence-corrected chi connectivity index (χ2v) is 7.96. The van der Waals surface area contributed by atoms with Crippen molar-refractivity contribution in [2.75, 3.05) is 28.4 Å². The molecule has 0 radical (unpaired) electrons. The van der Waals surface area contributed by atoms with Crippen LogP contribution >= 0.6 is 0 Å². The van der Waals surface area contributed by atoms with Crippen LogP contribution in [0.1, 0.15) is 34.6 Å². The Morgan fingerprint density at radius 2 is 1.23 bits per heavy atom. The first-order chi connectivity index (χ1) is 14.8. The highest BCUT2D eigenvalue weighted by atomic mass is 16.5. The highest BCUT2D eigenvalue weighted by molar-refractivity contribution is 6.33. The van der Waals surface area contributed by atoms with E-state index in [9.17, 15) is 9.59 Å². The maximum atomic E-state index is 13.4. The second kappa shape index (κ2) is 7.30. The zero-order valence-electron chi connectivity index (χ0n) is 18.4. The summed E-state index contributed by atoms with van der Waals surface area (Å²) < 4.78 is 21.8. The van der Waals surface area contributed by atoms with Gasteiger partial charge >= 0.3 is 0 Å². The zero-order valence-corrected chi connectivity index (χ0v) is 18.4. The number of carbonyl (C=O) groups is 2.